The Bertz CT molecular complexity index is 573. The van der Waals surface area contributed by atoms with Gasteiger partial charge in [0, 0.05) is 18.0 Å². The first-order valence-electron chi connectivity index (χ1n) is 5.33. The van der Waals surface area contributed by atoms with E-state index in [1.54, 1.807) is 13.8 Å². The summed E-state index contributed by atoms with van der Waals surface area (Å²) in [7, 11) is 0. The van der Waals surface area contributed by atoms with Crippen molar-refractivity contribution in [3.8, 4) is 11.5 Å². The van der Waals surface area contributed by atoms with Gasteiger partial charge in [-0.1, -0.05) is 12.1 Å². The summed E-state index contributed by atoms with van der Waals surface area (Å²) in [5, 5.41) is 13.2. The van der Waals surface area contributed by atoms with Crippen LogP contribution in [0.25, 0.3) is 11.5 Å². The van der Waals surface area contributed by atoms with Crippen LogP contribution in [0.3, 0.4) is 0 Å². The zero-order valence-electron chi connectivity index (χ0n) is 9.60. The first kappa shape index (κ1) is 11.5. The molecule has 17 heavy (non-hydrogen) atoms. The van der Waals surface area contributed by atoms with Crippen molar-refractivity contribution >= 4 is 0 Å². The molecular weight excluding hydrogens is 222 g/mol. The molecule has 2 N–H and O–H groups in total. The van der Waals surface area contributed by atoms with Crippen molar-refractivity contribution in [2.45, 2.75) is 26.4 Å². The van der Waals surface area contributed by atoms with Crippen molar-refractivity contribution in [1.82, 2.24) is 15.1 Å². The second-order valence-electron chi connectivity index (χ2n) is 3.78. The minimum absolute atomic E-state index is 0.119. The highest BCUT2D eigenvalue weighted by molar-refractivity contribution is 5.50. The van der Waals surface area contributed by atoms with Crippen molar-refractivity contribution in [2.75, 3.05) is 0 Å². The number of aryl methyl sites for hydroxylation is 1. The van der Waals surface area contributed by atoms with Crippen LogP contribution >= 0.6 is 0 Å². The smallest absolute Gasteiger partial charge is 0.263 e. The molecule has 0 aliphatic carbocycles. The highest BCUT2D eigenvalue weighted by atomic mass is 16.5. The van der Waals surface area contributed by atoms with E-state index in [-0.39, 0.29) is 17.1 Å². The van der Waals surface area contributed by atoms with Gasteiger partial charge in [-0.15, -0.1) is 0 Å². The molecule has 0 bridgehead atoms. The maximum absolute atomic E-state index is 11.7. The van der Waals surface area contributed by atoms with E-state index in [4.69, 9.17) is 4.52 Å². The van der Waals surface area contributed by atoms with Gasteiger partial charge in [0.05, 0.1) is 0 Å². The van der Waals surface area contributed by atoms with E-state index in [1.165, 1.54) is 12.3 Å². The highest BCUT2D eigenvalue weighted by Gasteiger charge is 2.16. The molecule has 0 fully saturated rings. The molecule has 1 atom stereocenters. The molecule has 0 saturated carbocycles. The molecule has 0 spiro atoms. The first-order valence-corrected chi connectivity index (χ1v) is 5.33. The summed E-state index contributed by atoms with van der Waals surface area (Å²) in [6.07, 6.45) is 1.24. The molecule has 0 amide bonds. The van der Waals surface area contributed by atoms with E-state index in [0.29, 0.717) is 12.0 Å². The lowest BCUT2D eigenvalue weighted by Gasteiger charge is -1.98. The molecule has 0 aliphatic rings. The van der Waals surface area contributed by atoms with Crippen molar-refractivity contribution in [1.29, 1.82) is 0 Å². The summed E-state index contributed by atoms with van der Waals surface area (Å²) in [6, 6.07) is 1.45. The largest absolute Gasteiger partial charge is 0.385 e. The third-order valence-electron chi connectivity index (χ3n) is 2.41. The van der Waals surface area contributed by atoms with Crippen molar-refractivity contribution in [3.63, 3.8) is 0 Å². The first-order chi connectivity index (χ1) is 8.11. The number of aromatic amines is 1. The number of pyridine rings is 1. The summed E-state index contributed by atoms with van der Waals surface area (Å²) in [6.45, 7) is 3.59. The number of nitrogens with one attached hydrogen (secondary N) is 1. The minimum Gasteiger partial charge on any atom is -0.385 e. The molecule has 0 aliphatic heterocycles. The van der Waals surface area contributed by atoms with Gasteiger partial charge in [-0.25, -0.2) is 0 Å². The quantitative estimate of drug-likeness (QED) is 0.833. The van der Waals surface area contributed by atoms with E-state index >= 15 is 0 Å². The molecule has 2 rings (SSSR count). The number of rotatable bonds is 3. The number of nitrogens with zero attached hydrogens (tertiary/aromatic N) is 2. The lowest BCUT2D eigenvalue weighted by molar-refractivity contribution is 0.159. The number of aliphatic hydroxyl groups excluding tert-OH is 1. The van der Waals surface area contributed by atoms with Crippen molar-refractivity contribution in [2.24, 2.45) is 0 Å². The third kappa shape index (κ3) is 2.26. The van der Waals surface area contributed by atoms with Crippen LogP contribution < -0.4 is 5.43 Å². The third-order valence-corrected chi connectivity index (χ3v) is 2.41. The van der Waals surface area contributed by atoms with Gasteiger partial charge in [-0.2, -0.15) is 4.98 Å². The maximum atomic E-state index is 11.7. The van der Waals surface area contributed by atoms with Crippen LogP contribution in [0.1, 0.15) is 31.0 Å². The second-order valence-corrected chi connectivity index (χ2v) is 3.78. The van der Waals surface area contributed by atoms with E-state index in [0.717, 1.165) is 5.69 Å². The Morgan fingerprint density at radius 1 is 1.59 bits per heavy atom. The van der Waals surface area contributed by atoms with E-state index in [9.17, 15) is 9.90 Å². The number of hydrogen-bond acceptors (Lipinski definition) is 5. The molecule has 0 radical (unpaired) electrons. The van der Waals surface area contributed by atoms with E-state index < -0.39 is 6.10 Å². The molecule has 2 aromatic heterocycles. The Labute approximate surface area is 97.3 Å². The fourth-order valence-electron chi connectivity index (χ4n) is 1.40. The fraction of sp³-hybridized carbons (Fsp3) is 0.364. The summed E-state index contributed by atoms with van der Waals surface area (Å²) in [5.74, 6) is 0.316. The molecule has 6 heteroatoms. The van der Waals surface area contributed by atoms with Crippen LogP contribution in [-0.2, 0) is 0 Å². The summed E-state index contributed by atoms with van der Waals surface area (Å²) >= 11 is 0. The van der Waals surface area contributed by atoms with Crippen LogP contribution in [0.15, 0.2) is 21.6 Å². The Morgan fingerprint density at radius 3 is 3.00 bits per heavy atom. The summed E-state index contributed by atoms with van der Waals surface area (Å²) < 4.78 is 4.95. The molecule has 0 saturated heterocycles. The monoisotopic (exact) mass is 235 g/mol. The van der Waals surface area contributed by atoms with Crippen molar-refractivity contribution in [3.05, 3.63) is 34.0 Å². The molecule has 90 valence electrons. The number of aliphatic hydroxyl groups is 1. The van der Waals surface area contributed by atoms with Crippen LogP contribution in [0, 0.1) is 6.92 Å². The summed E-state index contributed by atoms with van der Waals surface area (Å²) in [4.78, 5) is 18.6. The maximum Gasteiger partial charge on any atom is 0.263 e. The zero-order valence-corrected chi connectivity index (χ0v) is 9.60. The van der Waals surface area contributed by atoms with E-state index in [1.807, 2.05) is 0 Å². The average molecular weight is 235 g/mol. The van der Waals surface area contributed by atoms with Gasteiger partial charge in [0.2, 0.25) is 5.82 Å². The van der Waals surface area contributed by atoms with Gasteiger partial charge in [0.1, 0.15) is 11.7 Å². The molecule has 1 unspecified atom stereocenters. The lowest BCUT2D eigenvalue weighted by Crippen LogP contribution is -2.05. The highest BCUT2D eigenvalue weighted by Crippen LogP contribution is 2.17. The van der Waals surface area contributed by atoms with Crippen molar-refractivity contribution < 1.29 is 9.63 Å². The average Bonchev–Trinajstić information content (AvgIpc) is 2.77. The second kappa shape index (κ2) is 4.50. The SMILES string of the molecule is CCC(O)c1noc(-c2c[nH]c(C)cc2=O)n1. The van der Waals surface area contributed by atoms with Gasteiger partial charge >= 0.3 is 0 Å². The van der Waals surface area contributed by atoms with E-state index in [2.05, 4.69) is 15.1 Å². The van der Waals surface area contributed by atoms with Crippen LogP contribution in [0.5, 0.6) is 0 Å². The normalized spacial score (nSPS) is 12.6. The number of H-pyrrole nitrogens is 1. The number of hydrogen-bond donors (Lipinski definition) is 2. The Balaban J connectivity index is 2.40. The molecule has 2 heterocycles. The Morgan fingerprint density at radius 2 is 2.35 bits per heavy atom. The fourth-order valence-corrected chi connectivity index (χ4v) is 1.40. The molecular formula is C11H13N3O3. The molecule has 0 aromatic carbocycles. The van der Waals surface area contributed by atoms with Crippen LogP contribution in [0.4, 0.5) is 0 Å². The topological polar surface area (TPSA) is 92.0 Å². The Kier molecular flexibility index (Phi) is 3.06. The minimum atomic E-state index is -0.767. The van der Waals surface area contributed by atoms with Gasteiger partial charge in [0.15, 0.2) is 5.43 Å². The Hall–Kier alpha value is -1.95. The summed E-state index contributed by atoms with van der Waals surface area (Å²) in [5.41, 5.74) is 0.868. The number of aromatic nitrogens is 3. The standard InChI is InChI=1S/C11H13N3O3/c1-3-8(15)10-13-11(17-14-10)7-5-12-6(2)4-9(7)16/h4-5,8,15H,3H2,1-2H3,(H,12,16). The lowest BCUT2D eigenvalue weighted by atomic mass is 10.2. The molecule has 6 nitrogen and oxygen atoms in total. The molecule has 2 aromatic rings. The van der Waals surface area contributed by atoms with Gasteiger partial charge in [-0.3, -0.25) is 4.79 Å². The van der Waals surface area contributed by atoms with Gasteiger partial charge in [0.25, 0.3) is 5.89 Å². The van der Waals surface area contributed by atoms with Gasteiger partial charge in [-0.05, 0) is 13.3 Å². The van der Waals surface area contributed by atoms with Crippen LogP contribution in [-0.4, -0.2) is 20.2 Å². The predicted octanol–water partition coefficient (Wildman–Crippen LogP) is 1.18. The van der Waals surface area contributed by atoms with Gasteiger partial charge < -0.3 is 14.6 Å². The predicted molar refractivity (Wildman–Crippen MR) is 60.3 cm³/mol. The zero-order chi connectivity index (χ0) is 12.4. The van der Waals surface area contributed by atoms with Crippen LogP contribution in [0.2, 0.25) is 0 Å².